The SMILES string of the molecule is CNC(c1cc(C)cnc1N)C(C)OC. The maximum atomic E-state index is 5.85. The molecule has 0 bridgehead atoms. The molecule has 1 heterocycles. The van der Waals surface area contributed by atoms with E-state index in [0.717, 1.165) is 11.1 Å². The average molecular weight is 209 g/mol. The van der Waals surface area contributed by atoms with E-state index in [1.807, 2.05) is 27.0 Å². The fourth-order valence-corrected chi connectivity index (χ4v) is 1.63. The van der Waals surface area contributed by atoms with Gasteiger partial charge in [-0.2, -0.15) is 0 Å². The Balaban J connectivity index is 3.05. The summed E-state index contributed by atoms with van der Waals surface area (Å²) in [6.07, 6.45) is 1.82. The van der Waals surface area contributed by atoms with Crippen LogP contribution in [0.25, 0.3) is 0 Å². The van der Waals surface area contributed by atoms with Gasteiger partial charge in [-0.1, -0.05) is 0 Å². The highest BCUT2D eigenvalue weighted by atomic mass is 16.5. The molecule has 0 spiro atoms. The lowest BCUT2D eigenvalue weighted by molar-refractivity contribution is 0.0858. The van der Waals surface area contributed by atoms with E-state index in [1.54, 1.807) is 13.3 Å². The van der Waals surface area contributed by atoms with Gasteiger partial charge in [0.25, 0.3) is 0 Å². The topological polar surface area (TPSA) is 60.2 Å². The largest absolute Gasteiger partial charge is 0.383 e. The standard InChI is InChI=1S/C11H19N3O/c1-7-5-9(11(12)14-6-7)10(13-3)8(2)15-4/h5-6,8,10,13H,1-4H3,(H2,12,14). The highest BCUT2D eigenvalue weighted by Crippen LogP contribution is 2.23. The van der Waals surface area contributed by atoms with Crippen LogP contribution in [0.15, 0.2) is 12.3 Å². The summed E-state index contributed by atoms with van der Waals surface area (Å²) in [6, 6.07) is 2.11. The zero-order chi connectivity index (χ0) is 11.4. The van der Waals surface area contributed by atoms with Gasteiger partial charge in [0.2, 0.25) is 0 Å². The molecule has 0 aliphatic heterocycles. The number of aromatic nitrogens is 1. The molecular formula is C11H19N3O. The van der Waals surface area contributed by atoms with Gasteiger partial charge < -0.3 is 15.8 Å². The quantitative estimate of drug-likeness (QED) is 0.784. The Kier molecular flexibility index (Phi) is 4.05. The number of ether oxygens (including phenoxy) is 1. The van der Waals surface area contributed by atoms with Crippen LogP contribution in [0.1, 0.15) is 24.1 Å². The minimum atomic E-state index is 0.0564. The summed E-state index contributed by atoms with van der Waals surface area (Å²) in [5.74, 6) is 0.559. The summed E-state index contributed by atoms with van der Waals surface area (Å²) in [4.78, 5) is 4.15. The lowest BCUT2D eigenvalue weighted by Crippen LogP contribution is -2.29. The summed E-state index contributed by atoms with van der Waals surface area (Å²) in [5, 5.41) is 3.19. The third kappa shape index (κ3) is 2.67. The van der Waals surface area contributed by atoms with E-state index < -0.39 is 0 Å². The molecule has 4 heteroatoms. The molecule has 0 aliphatic carbocycles. The second-order valence-corrected chi connectivity index (χ2v) is 3.69. The van der Waals surface area contributed by atoms with Crippen LogP contribution in [0.2, 0.25) is 0 Å². The van der Waals surface area contributed by atoms with Crippen molar-refractivity contribution in [2.75, 3.05) is 19.9 Å². The van der Waals surface area contributed by atoms with E-state index in [9.17, 15) is 0 Å². The molecule has 0 saturated carbocycles. The van der Waals surface area contributed by atoms with Crippen molar-refractivity contribution in [3.63, 3.8) is 0 Å². The average Bonchev–Trinajstić information content (AvgIpc) is 2.23. The van der Waals surface area contributed by atoms with E-state index in [2.05, 4.69) is 10.3 Å². The molecule has 84 valence electrons. The van der Waals surface area contributed by atoms with Crippen LogP contribution in [0.4, 0.5) is 5.82 Å². The minimum absolute atomic E-state index is 0.0564. The molecule has 0 saturated heterocycles. The number of nitrogens with zero attached hydrogens (tertiary/aromatic N) is 1. The predicted molar refractivity (Wildman–Crippen MR) is 61.7 cm³/mol. The molecule has 4 nitrogen and oxygen atoms in total. The number of rotatable bonds is 4. The maximum absolute atomic E-state index is 5.85. The Hall–Kier alpha value is -1.13. The number of hydrogen-bond donors (Lipinski definition) is 2. The molecule has 1 aromatic heterocycles. The van der Waals surface area contributed by atoms with Gasteiger partial charge in [-0.3, -0.25) is 0 Å². The van der Waals surface area contributed by atoms with Crippen LogP contribution < -0.4 is 11.1 Å². The lowest BCUT2D eigenvalue weighted by atomic mass is 10.0. The molecule has 15 heavy (non-hydrogen) atoms. The Labute approximate surface area is 90.8 Å². The third-order valence-electron chi connectivity index (χ3n) is 2.57. The van der Waals surface area contributed by atoms with Gasteiger partial charge in [0, 0.05) is 18.9 Å². The first kappa shape index (κ1) is 11.9. The molecule has 0 amide bonds. The summed E-state index contributed by atoms with van der Waals surface area (Å²) in [5.41, 5.74) is 7.94. The van der Waals surface area contributed by atoms with Gasteiger partial charge in [0.15, 0.2) is 0 Å². The van der Waals surface area contributed by atoms with E-state index in [-0.39, 0.29) is 12.1 Å². The molecule has 1 rings (SSSR count). The van der Waals surface area contributed by atoms with Gasteiger partial charge >= 0.3 is 0 Å². The number of anilines is 1. The normalized spacial score (nSPS) is 14.9. The molecule has 2 unspecified atom stereocenters. The summed E-state index contributed by atoms with van der Waals surface area (Å²) in [7, 11) is 3.58. The second kappa shape index (κ2) is 5.09. The molecule has 0 fully saturated rings. The Bertz CT molecular complexity index is 328. The van der Waals surface area contributed by atoms with Crippen molar-refractivity contribution in [2.45, 2.75) is 26.0 Å². The Morgan fingerprint density at radius 2 is 2.20 bits per heavy atom. The number of nitrogen functional groups attached to an aromatic ring is 1. The van der Waals surface area contributed by atoms with E-state index in [4.69, 9.17) is 10.5 Å². The fraction of sp³-hybridized carbons (Fsp3) is 0.545. The first-order chi connectivity index (χ1) is 7.10. The van der Waals surface area contributed by atoms with Crippen molar-refractivity contribution in [1.29, 1.82) is 0 Å². The summed E-state index contributed by atoms with van der Waals surface area (Å²) in [6.45, 7) is 4.00. The predicted octanol–water partition coefficient (Wildman–Crippen LogP) is 1.27. The Morgan fingerprint density at radius 3 is 2.73 bits per heavy atom. The smallest absolute Gasteiger partial charge is 0.128 e. The van der Waals surface area contributed by atoms with Crippen molar-refractivity contribution in [1.82, 2.24) is 10.3 Å². The zero-order valence-corrected chi connectivity index (χ0v) is 9.74. The number of nitrogens with two attached hydrogens (primary N) is 1. The van der Waals surface area contributed by atoms with Crippen molar-refractivity contribution in [2.24, 2.45) is 0 Å². The summed E-state index contributed by atoms with van der Waals surface area (Å²) < 4.78 is 5.31. The lowest BCUT2D eigenvalue weighted by Gasteiger charge is -2.23. The highest BCUT2D eigenvalue weighted by Gasteiger charge is 2.19. The van der Waals surface area contributed by atoms with E-state index in [0.29, 0.717) is 5.82 Å². The number of methoxy groups -OCH3 is 1. The van der Waals surface area contributed by atoms with Crippen molar-refractivity contribution in [3.05, 3.63) is 23.4 Å². The maximum Gasteiger partial charge on any atom is 0.128 e. The molecule has 2 atom stereocenters. The minimum Gasteiger partial charge on any atom is -0.383 e. The van der Waals surface area contributed by atoms with Crippen LogP contribution >= 0.6 is 0 Å². The van der Waals surface area contributed by atoms with Crippen molar-refractivity contribution < 1.29 is 4.74 Å². The van der Waals surface area contributed by atoms with E-state index in [1.165, 1.54) is 0 Å². The van der Waals surface area contributed by atoms with Crippen molar-refractivity contribution >= 4 is 5.82 Å². The van der Waals surface area contributed by atoms with E-state index >= 15 is 0 Å². The van der Waals surface area contributed by atoms with Crippen molar-refractivity contribution in [3.8, 4) is 0 Å². The molecule has 0 aliphatic rings. The first-order valence-corrected chi connectivity index (χ1v) is 5.02. The van der Waals surface area contributed by atoms with Gasteiger partial charge in [0.05, 0.1) is 12.1 Å². The Morgan fingerprint density at radius 1 is 1.53 bits per heavy atom. The number of hydrogen-bond acceptors (Lipinski definition) is 4. The highest BCUT2D eigenvalue weighted by molar-refractivity contribution is 5.43. The van der Waals surface area contributed by atoms with Gasteiger partial charge in [-0.25, -0.2) is 4.98 Å². The number of nitrogens with one attached hydrogen (secondary N) is 1. The van der Waals surface area contributed by atoms with Gasteiger partial charge in [0.1, 0.15) is 5.82 Å². The van der Waals surface area contributed by atoms with Crippen LogP contribution in [0, 0.1) is 6.92 Å². The van der Waals surface area contributed by atoms with Crippen LogP contribution in [-0.2, 0) is 4.74 Å². The molecule has 3 N–H and O–H groups in total. The molecule has 1 aromatic rings. The number of likely N-dealkylation sites (N-methyl/N-ethyl adjacent to an activating group) is 1. The summed E-state index contributed by atoms with van der Waals surface area (Å²) >= 11 is 0. The van der Waals surface area contributed by atoms with Crippen LogP contribution in [0.5, 0.6) is 0 Å². The third-order valence-corrected chi connectivity index (χ3v) is 2.57. The number of pyridine rings is 1. The molecule has 0 aromatic carbocycles. The van der Waals surface area contributed by atoms with Gasteiger partial charge in [-0.05, 0) is 32.5 Å². The first-order valence-electron chi connectivity index (χ1n) is 5.02. The van der Waals surface area contributed by atoms with Gasteiger partial charge in [-0.15, -0.1) is 0 Å². The monoisotopic (exact) mass is 209 g/mol. The molecule has 0 radical (unpaired) electrons. The van der Waals surface area contributed by atoms with Crippen LogP contribution in [0.3, 0.4) is 0 Å². The second-order valence-electron chi connectivity index (χ2n) is 3.69. The molecular weight excluding hydrogens is 190 g/mol. The van der Waals surface area contributed by atoms with Crippen LogP contribution in [-0.4, -0.2) is 25.2 Å². The number of aryl methyl sites for hydroxylation is 1. The fourth-order valence-electron chi connectivity index (χ4n) is 1.63. The zero-order valence-electron chi connectivity index (χ0n) is 9.74.